The van der Waals surface area contributed by atoms with Crippen molar-refractivity contribution in [3.63, 3.8) is 0 Å². The third-order valence-corrected chi connectivity index (χ3v) is 3.28. The maximum absolute atomic E-state index is 11.7. The number of para-hydroxylation sites is 1. The summed E-state index contributed by atoms with van der Waals surface area (Å²) in [7, 11) is 1.48. The summed E-state index contributed by atoms with van der Waals surface area (Å²) in [5.74, 6) is -0.931. The highest BCUT2D eigenvalue weighted by Crippen LogP contribution is 2.35. The van der Waals surface area contributed by atoms with Crippen LogP contribution < -0.4 is 4.74 Å². The predicted octanol–water partition coefficient (Wildman–Crippen LogP) is 1.86. The number of benzene rings is 1. The van der Waals surface area contributed by atoms with Crippen LogP contribution in [0.25, 0.3) is 0 Å². The van der Waals surface area contributed by atoms with Crippen LogP contribution in [0.1, 0.15) is 26.3 Å². The minimum Gasteiger partial charge on any atom is -0.496 e. The fourth-order valence-electron chi connectivity index (χ4n) is 2.28. The number of nitrogens with zero attached hydrogens (tertiary/aromatic N) is 1. The van der Waals surface area contributed by atoms with Gasteiger partial charge < -0.3 is 14.7 Å². The molecule has 0 aliphatic heterocycles. The van der Waals surface area contributed by atoms with Crippen LogP contribution in [0.15, 0.2) is 24.3 Å². The quantitative estimate of drug-likeness (QED) is 0.882. The van der Waals surface area contributed by atoms with Gasteiger partial charge in [-0.3, -0.25) is 4.79 Å². The molecule has 1 unspecified atom stereocenters. The maximum Gasteiger partial charge on any atom is 0.334 e. The molecule has 0 saturated carbocycles. The largest absolute Gasteiger partial charge is 0.496 e. The van der Waals surface area contributed by atoms with Crippen LogP contribution in [0, 0.1) is 0 Å². The first-order chi connectivity index (χ1) is 8.89. The lowest BCUT2D eigenvalue weighted by Crippen LogP contribution is -2.52. The first-order valence-corrected chi connectivity index (χ1v) is 6.04. The molecule has 1 rings (SSSR count). The van der Waals surface area contributed by atoms with E-state index in [1.165, 1.54) is 25.9 Å². The Morgan fingerprint density at radius 3 is 2.37 bits per heavy atom. The molecule has 0 aliphatic rings. The third kappa shape index (κ3) is 2.54. The van der Waals surface area contributed by atoms with Crippen molar-refractivity contribution in [2.45, 2.75) is 26.3 Å². The van der Waals surface area contributed by atoms with Crippen LogP contribution >= 0.6 is 0 Å². The van der Waals surface area contributed by atoms with E-state index in [0.717, 1.165) is 0 Å². The van der Waals surface area contributed by atoms with E-state index >= 15 is 0 Å². The second kappa shape index (κ2) is 5.73. The van der Waals surface area contributed by atoms with E-state index in [1.807, 2.05) is 0 Å². The first-order valence-electron chi connectivity index (χ1n) is 6.04. The normalized spacial score (nSPS) is 13.5. The van der Waals surface area contributed by atoms with E-state index in [0.29, 0.717) is 17.9 Å². The molecule has 104 valence electrons. The minimum absolute atomic E-state index is 0.293. The van der Waals surface area contributed by atoms with Gasteiger partial charge in [0, 0.05) is 19.0 Å². The molecule has 0 heterocycles. The Balaban J connectivity index is 3.49. The van der Waals surface area contributed by atoms with Crippen molar-refractivity contribution in [1.29, 1.82) is 0 Å². The van der Waals surface area contributed by atoms with E-state index in [4.69, 9.17) is 4.74 Å². The molecule has 0 aromatic heterocycles. The van der Waals surface area contributed by atoms with E-state index < -0.39 is 11.5 Å². The molecule has 1 aromatic rings. The monoisotopic (exact) mass is 265 g/mol. The van der Waals surface area contributed by atoms with Gasteiger partial charge in [-0.15, -0.1) is 0 Å². The summed E-state index contributed by atoms with van der Waals surface area (Å²) in [5.41, 5.74) is -0.991. The van der Waals surface area contributed by atoms with Crippen molar-refractivity contribution < 1.29 is 19.4 Å². The first kappa shape index (κ1) is 15.0. The zero-order valence-corrected chi connectivity index (χ0v) is 11.6. The highest BCUT2D eigenvalue weighted by Gasteiger charge is 2.44. The number of amides is 1. The highest BCUT2D eigenvalue weighted by molar-refractivity contribution is 5.87. The van der Waals surface area contributed by atoms with E-state index in [1.54, 1.807) is 31.2 Å². The van der Waals surface area contributed by atoms with Crippen LogP contribution in [0.3, 0.4) is 0 Å². The number of rotatable bonds is 5. The molecule has 19 heavy (non-hydrogen) atoms. The van der Waals surface area contributed by atoms with Crippen molar-refractivity contribution >= 4 is 11.9 Å². The van der Waals surface area contributed by atoms with Crippen molar-refractivity contribution in [1.82, 2.24) is 4.90 Å². The number of carboxylic acid groups (broad SMARTS) is 1. The molecule has 0 saturated heterocycles. The van der Waals surface area contributed by atoms with Crippen molar-refractivity contribution in [2.24, 2.45) is 0 Å². The number of aliphatic carboxylic acids is 1. The fourth-order valence-corrected chi connectivity index (χ4v) is 2.28. The lowest BCUT2D eigenvalue weighted by molar-refractivity contribution is -0.158. The van der Waals surface area contributed by atoms with Gasteiger partial charge in [0.2, 0.25) is 5.91 Å². The number of ether oxygens (including phenoxy) is 1. The second-order valence-corrected chi connectivity index (χ2v) is 4.34. The summed E-state index contributed by atoms with van der Waals surface area (Å²) in [6.45, 7) is 4.92. The number of carbonyl (C=O) groups is 2. The Morgan fingerprint density at radius 1 is 1.37 bits per heavy atom. The SMILES string of the molecule is CCN(C(C)=O)C(C)(C(=O)O)c1ccccc1OC. The standard InChI is InChI=1S/C14H19NO4/c1-5-15(10(2)16)14(3,13(17)18)11-8-6-7-9-12(11)19-4/h6-9H,5H2,1-4H3,(H,17,18). The lowest BCUT2D eigenvalue weighted by atomic mass is 9.89. The minimum atomic E-state index is -1.45. The molecule has 0 radical (unpaired) electrons. The van der Waals surface area contributed by atoms with Crippen molar-refractivity contribution in [3.8, 4) is 5.75 Å². The smallest absolute Gasteiger partial charge is 0.334 e. The van der Waals surface area contributed by atoms with Gasteiger partial charge in [-0.25, -0.2) is 4.79 Å². The maximum atomic E-state index is 11.7. The van der Waals surface area contributed by atoms with Gasteiger partial charge in [-0.05, 0) is 19.9 Å². The average Bonchev–Trinajstić information content (AvgIpc) is 2.38. The zero-order chi connectivity index (χ0) is 14.6. The zero-order valence-electron chi connectivity index (χ0n) is 11.6. The molecule has 1 atom stereocenters. The summed E-state index contributed by atoms with van der Waals surface area (Å²) in [5, 5.41) is 9.61. The second-order valence-electron chi connectivity index (χ2n) is 4.34. The molecule has 0 aliphatic carbocycles. The van der Waals surface area contributed by atoms with Gasteiger partial charge in [0.15, 0.2) is 5.54 Å². The number of methoxy groups -OCH3 is 1. The van der Waals surface area contributed by atoms with E-state index in [9.17, 15) is 14.7 Å². The molecule has 5 nitrogen and oxygen atoms in total. The Labute approximate surface area is 112 Å². The highest BCUT2D eigenvalue weighted by atomic mass is 16.5. The number of likely N-dealkylation sites (N-methyl/N-ethyl adjacent to an activating group) is 1. The van der Waals surface area contributed by atoms with E-state index in [2.05, 4.69) is 0 Å². The number of carboxylic acids is 1. The third-order valence-electron chi connectivity index (χ3n) is 3.28. The topological polar surface area (TPSA) is 66.8 Å². The lowest BCUT2D eigenvalue weighted by Gasteiger charge is -2.37. The molecule has 0 fully saturated rings. The van der Waals surface area contributed by atoms with Gasteiger partial charge >= 0.3 is 5.97 Å². The molecule has 0 bridgehead atoms. The number of hydrogen-bond donors (Lipinski definition) is 1. The Morgan fingerprint density at radius 2 is 1.95 bits per heavy atom. The average molecular weight is 265 g/mol. The summed E-state index contributed by atoms with van der Waals surface area (Å²) >= 11 is 0. The molecule has 1 aromatic carbocycles. The molecule has 1 amide bonds. The Bertz CT molecular complexity index is 486. The number of carbonyl (C=O) groups excluding carboxylic acids is 1. The summed E-state index contributed by atoms with van der Waals surface area (Å²) in [6.07, 6.45) is 0. The van der Waals surface area contributed by atoms with Crippen LogP contribution in [0.4, 0.5) is 0 Å². The van der Waals surface area contributed by atoms with Gasteiger partial charge in [0.1, 0.15) is 5.75 Å². The van der Waals surface area contributed by atoms with Gasteiger partial charge in [-0.1, -0.05) is 18.2 Å². The van der Waals surface area contributed by atoms with Gasteiger partial charge in [-0.2, -0.15) is 0 Å². The van der Waals surface area contributed by atoms with E-state index in [-0.39, 0.29) is 5.91 Å². The molecular formula is C14H19NO4. The van der Waals surface area contributed by atoms with Crippen molar-refractivity contribution in [2.75, 3.05) is 13.7 Å². The van der Waals surface area contributed by atoms with Crippen molar-refractivity contribution in [3.05, 3.63) is 29.8 Å². The molecule has 5 heteroatoms. The molecular weight excluding hydrogens is 246 g/mol. The Hall–Kier alpha value is -2.04. The molecule has 1 N–H and O–H groups in total. The predicted molar refractivity (Wildman–Crippen MR) is 71.0 cm³/mol. The Kier molecular flexibility index (Phi) is 4.53. The van der Waals surface area contributed by atoms with Crippen LogP contribution in [-0.2, 0) is 15.1 Å². The van der Waals surface area contributed by atoms with Crippen LogP contribution in [0.2, 0.25) is 0 Å². The van der Waals surface area contributed by atoms with Crippen LogP contribution in [0.5, 0.6) is 5.75 Å². The van der Waals surface area contributed by atoms with Gasteiger partial charge in [0.05, 0.1) is 7.11 Å². The fraction of sp³-hybridized carbons (Fsp3) is 0.429. The number of hydrogen-bond acceptors (Lipinski definition) is 3. The summed E-state index contributed by atoms with van der Waals surface area (Å²) < 4.78 is 5.21. The van der Waals surface area contributed by atoms with Gasteiger partial charge in [0.25, 0.3) is 0 Å². The molecule has 0 spiro atoms. The summed E-state index contributed by atoms with van der Waals surface area (Å²) in [6, 6.07) is 6.84. The summed E-state index contributed by atoms with van der Waals surface area (Å²) in [4.78, 5) is 24.8. The van der Waals surface area contributed by atoms with Crippen LogP contribution in [-0.4, -0.2) is 35.5 Å².